The van der Waals surface area contributed by atoms with Crippen molar-refractivity contribution in [1.29, 1.82) is 0 Å². The number of rotatable bonds is 5. The van der Waals surface area contributed by atoms with Crippen molar-refractivity contribution in [3.63, 3.8) is 0 Å². The number of hydrogen-bond donors (Lipinski definition) is 0. The van der Waals surface area contributed by atoms with Crippen LogP contribution < -0.4 is 4.90 Å². The molecule has 0 amide bonds. The van der Waals surface area contributed by atoms with Crippen molar-refractivity contribution in [2.45, 2.75) is 0 Å². The van der Waals surface area contributed by atoms with E-state index in [1.807, 2.05) is 30.3 Å². The van der Waals surface area contributed by atoms with Gasteiger partial charge in [-0.1, -0.05) is 127 Å². The van der Waals surface area contributed by atoms with Gasteiger partial charge in [0.25, 0.3) is 0 Å². The van der Waals surface area contributed by atoms with Crippen molar-refractivity contribution in [2.75, 3.05) is 4.90 Å². The Morgan fingerprint density at radius 2 is 1.05 bits per heavy atom. The molecule has 1 aromatic heterocycles. The van der Waals surface area contributed by atoms with Crippen LogP contribution in [0.2, 0.25) is 5.02 Å². The number of hydrogen-bond acceptors (Lipinski definition) is 2. The minimum atomic E-state index is 0.581. The Morgan fingerprint density at radius 1 is 0.395 bits per heavy atom. The molecule has 0 N–H and O–H groups in total. The Balaban J connectivity index is 1.33. The van der Waals surface area contributed by atoms with Crippen molar-refractivity contribution >= 4 is 61.4 Å². The predicted octanol–water partition coefficient (Wildman–Crippen LogP) is 12.2. The third-order valence-electron chi connectivity index (χ3n) is 8.10. The summed E-state index contributed by atoms with van der Waals surface area (Å²) in [5, 5.41) is 4.85. The lowest BCUT2D eigenvalue weighted by molar-refractivity contribution is 0.673. The second-order valence-corrected chi connectivity index (χ2v) is 11.1. The number of benzene rings is 7. The summed E-state index contributed by atoms with van der Waals surface area (Å²) in [7, 11) is 0. The lowest BCUT2D eigenvalue weighted by Crippen LogP contribution is -2.10. The van der Waals surface area contributed by atoms with E-state index in [0.29, 0.717) is 10.6 Å². The molecular weight excluding hydrogens is 546 g/mol. The van der Waals surface area contributed by atoms with E-state index >= 15 is 0 Å². The number of furan rings is 1. The molecule has 0 unspecified atom stereocenters. The van der Waals surface area contributed by atoms with E-state index in [1.165, 1.54) is 16.7 Å². The molecule has 1 heterocycles. The van der Waals surface area contributed by atoms with E-state index in [-0.39, 0.29) is 0 Å². The molecule has 0 bridgehead atoms. The lowest BCUT2D eigenvalue weighted by Gasteiger charge is -2.26. The quantitative estimate of drug-likeness (QED) is 0.204. The van der Waals surface area contributed by atoms with Crippen LogP contribution in [0.3, 0.4) is 0 Å². The summed E-state index contributed by atoms with van der Waals surface area (Å²) < 4.78 is 6.43. The molecule has 0 saturated carbocycles. The Bertz CT molecular complexity index is 2240. The van der Waals surface area contributed by atoms with Crippen molar-refractivity contribution in [1.82, 2.24) is 0 Å². The zero-order chi connectivity index (χ0) is 28.8. The summed E-state index contributed by atoms with van der Waals surface area (Å²) in [4.78, 5) is 2.27. The molecule has 0 spiro atoms. The molecule has 2 nitrogen and oxygen atoms in total. The molecule has 8 aromatic rings. The van der Waals surface area contributed by atoms with Crippen LogP contribution in [-0.4, -0.2) is 0 Å². The Hall–Kier alpha value is -5.31. The summed E-state index contributed by atoms with van der Waals surface area (Å²) in [6.07, 6.45) is 0. The second-order valence-electron chi connectivity index (χ2n) is 10.7. The van der Waals surface area contributed by atoms with Crippen LogP contribution in [0.15, 0.2) is 162 Å². The van der Waals surface area contributed by atoms with Gasteiger partial charge in [-0.3, -0.25) is 0 Å². The maximum absolute atomic E-state index is 7.02. The average Bonchev–Trinajstić information content (AvgIpc) is 3.46. The largest absolute Gasteiger partial charge is 0.454 e. The maximum Gasteiger partial charge on any atom is 0.154 e. The van der Waals surface area contributed by atoms with Crippen molar-refractivity contribution in [2.24, 2.45) is 0 Å². The Labute approximate surface area is 255 Å². The van der Waals surface area contributed by atoms with Crippen LogP contribution in [-0.2, 0) is 0 Å². The fraction of sp³-hybridized carbons (Fsp3) is 0. The van der Waals surface area contributed by atoms with Crippen LogP contribution in [0, 0.1) is 0 Å². The first-order valence-electron chi connectivity index (χ1n) is 14.4. The SMILES string of the molecule is Clc1cc(N(c2ccc(-c3ccccc3)cc2)c2cccc(-c3ccccc3)c2)cc2c1oc1c3ccccc3ccc21. The summed E-state index contributed by atoms with van der Waals surface area (Å²) in [6.45, 7) is 0. The van der Waals surface area contributed by atoms with E-state index in [2.05, 4.69) is 132 Å². The third-order valence-corrected chi connectivity index (χ3v) is 8.39. The van der Waals surface area contributed by atoms with E-state index in [9.17, 15) is 0 Å². The van der Waals surface area contributed by atoms with Gasteiger partial charge in [0.1, 0.15) is 5.58 Å². The molecule has 0 saturated heterocycles. The van der Waals surface area contributed by atoms with Gasteiger partial charge in [-0.25, -0.2) is 0 Å². The molecular formula is C40H26ClNO. The van der Waals surface area contributed by atoms with Gasteiger partial charge >= 0.3 is 0 Å². The molecule has 0 aliphatic carbocycles. The zero-order valence-corrected chi connectivity index (χ0v) is 24.0. The fourth-order valence-electron chi connectivity index (χ4n) is 6.02. The number of nitrogens with zero attached hydrogens (tertiary/aromatic N) is 1. The van der Waals surface area contributed by atoms with Crippen LogP contribution in [0.4, 0.5) is 17.1 Å². The van der Waals surface area contributed by atoms with Crippen molar-refractivity contribution in [3.8, 4) is 22.3 Å². The number of halogens is 1. The first-order chi connectivity index (χ1) is 21.2. The highest BCUT2D eigenvalue weighted by atomic mass is 35.5. The van der Waals surface area contributed by atoms with E-state index < -0.39 is 0 Å². The first-order valence-corrected chi connectivity index (χ1v) is 14.8. The molecule has 43 heavy (non-hydrogen) atoms. The lowest BCUT2D eigenvalue weighted by atomic mass is 10.0. The van der Waals surface area contributed by atoms with Gasteiger partial charge in [-0.05, 0) is 70.1 Å². The summed E-state index contributed by atoms with van der Waals surface area (Å²) in [5.74, 6) is 0. The van der Waals surface area contributed by atoms with Gasteiger partial charge in [0.15, 0.2) is 5.58 Å². The van der Waals surface area contributed by atoms with Crippen LogP contribution in [0.1, 0.15) is 0 Å². The van der Waals surface area contributed by atoms with Gasteiger partial charge < -0.3 is 9.32 Å². The summed E-state index contributed by atoms with van der Waals surface area (Å²) in [5.41, 5.74) is 9.29. The van der Waals surface area contributed by atoms with Crippen LogP contribution in [0.25, 0.3) is 55.0 Å². The van der Waals surface area contributed by atoms with Gasteiger partial charge in [-0.15, -0.1) is 0 Å². The molecule has 0 aliphatic heterocycles. The highest BCUT2D eigenvalue weighted by molar-refractivity contribution is 6.36. The number of anilines is 3. The van der Waals surface area contributed by atoms with Crippen LogP contribution in [0.5, 0.6) is 0 Å². The minimum Gasteiger partial charge on any atom is -0.454 e. The number of fused-ring (bicyclic) bond motifs is 5. The summed E-state index contributed by atoms with van der Waals surface area (Å²) in [6, 6.07) is 55.1. The molecule has 0 atom stereocenters. The highest BCUT2D eigenvalue weighted by Crippen LogP contribution is 2.44. The molecule has 3 heteroatoms. The standard InChI is InChI=1S/C40H26ClNO/c41-38-26-34(25-37-36-23-20-30-14-7-8-17-35(30)39(36)43-40(37)38)42(32-21-18-29(19-22-32)27-10-3-1-4-11-27)33-16-9-15-31(24-33)28-12-5-2-6-13-28/h1-26H. The highest BCUT2D eigenvalue weighted by Gasteiger charge is 2.19. The molecule has 0 fully saturated rings. The van der Waals surface area contributed by atoms with E-state index in [1.54, 1.807) is 0 Å². The first kappa shape index (κ1) is 25.4. The second kappa shape index (κ2) is 10.5. The third kappa shape index (κ3) is 4.53. The maximum atomic E-state index is 7.02. The van der Waals surface area contributed by atoms with Gasteiger partial charge in [-0.2, -0.15) is 0 Å². The smallest absolute Gasteiger partial charge is 0.154 e. The topological polar surface area (TPSA) is 16.4 Å². The molecule has 0 aliphatic rings. The molecule has 204 valence electrons. The Kier molecular flexibility index (Phi) is 6.21. The van der Waals surface area contributed by atoms with E-state index in [0.717, 1.165) is 49.8 Å². The predicted molar refractivity (Wildman–Crippen MR) is 182 cm³/mol. The van der Waals surface area contributed by atoms with Gasteiger partial charge in [0.2, 0.25) is 0 Å². The molecule has 7 aromatic carbocycles. The Morgan fingerprint density at radius 3 is 1.81 bits per heavy atom. The van der Waals surface area contributed by atoms with E-state index in [4.69, 9.17) is 16.0 Å². The van der Waals surface area contributed by atoms with Gasteiger partial charge in [0.05, 0.1) is 5.02 Å². The van der Waals surface area contributed by atoms with Crippen molar-refractivity contribution in [3.05, 3.63) is 163 Å². The monoisotopic (exact) mass is 571 g/mol. The normalized spacial score (nSPS) is 11.4. The van der Waals surface area contributed by atoms with Crippen LogP contribution >= 0.6 is 11.6 Å². The van der Waals surface area contributed by atoms with Crippen molar-refractivity contribution < 1.29 is 4.42 Å². The molecule has 0 radical (unpaired) electrons. The minimum absolute atomic E-state index is 0.581. The fourth-order valence-corrected chi connectivity index (χ4v) is 6.27. The van der Waals surface area contributed by atoms with Gasteiger partial charge in [0, 0.05) is 33.2 Å². The summed E-state index contributed by atoms with van der Waals surface area (Å²) >= 11 is 7.02. The average molecular weight is 572 g/mol. The molecule has 8 rings (SSSR count). The zero-order valence-electron chi connectivity index (χ0n) is 23.2.